The summed E-state index contributed by atoms with van der Waals surface area (Å²) >= 11 is 0. The maximum atomic E-state index is 4.07. The van der Waals surface area contributed by atoms with Gasteiger partial charge in [0, 0.05) is 12.1 Å². The third-order valence-corrected chi connectivity index (χ3v) is 5.16. The highest BCUT2D eigenvalue weighted by Crippen LogP contribution is 2.46. The van der Waals surface area contributed by atoms with Crippen LogP contribution in [0.2, 0.25) is 0 Å². The van der Waals surface area contributed by atoms with Crippen LogP contribution >= 0.6 is 0 Å². The topological polar surface area (TPSA) is 12.0 Å². The fourth-order valence-electron chi connectivity index (χ4n) is 3.60. The van der Waals surface area contributed by atoms with Gasteiger partial charge in [-0.25, -0.2) is 0 Å². The lowest BCUT2D eigenvalue weighted by Gasteiger charge is -2.41. The lowest BCUT2D eigenvalue weighted by molar-refractivity contribution is 0.146. The van der Waals surface area contributed by atoms with Crippen LogP contribution in [-0.4, -0.2) is 12.1 Å². The highest BCUT2D eigenvalue weighted by molar-refractivity contribution is 5.00. The van der Waals surface area contributed by atoms with Crippen LogP contribution in [-0.2, 0) is 0 Å². The van der Waals surface area contributed by atoms with Crippen LogP contribution in [0.5, 0.6) is 0 Å². The summed E-state index contributed by atoms with van der Waals surface area (Å²) in [6, 6.07) is 1.69. The van der Waals surface area contributed by atoms with E-state index in [1.165, 1.54) is 51.4 Å². The Kier molecular flexibility index (Phi) is 2.78. The van der Waals surface area contributed by atoms with Gasteiger partial charge >= 0.3 is 0 Å². The van der Waals surface area contributed by atoms with E-state index in [1.807, 2.05) is 0 Å². The molecule has 0 saturated heterocycles. The summed E-state index contributed by atoms with van der Waals surface area (Å²) in [5.74, 6) is 2.09. The molecule has 0 radical (unpaired) electrons. The van der Waals surface area contributed by atoms with E-state index in [2.05, 4.69) is 19.2 Å². The summed E-state index contributed by atoms with van der Waals surface area (Å²) in [5, 5.41) is 4.07. The Bertz CT molecular complexity index is 238. The van der Waals surface area contributed by atoms with E-state index in [1.54, 1.807) is 0 Å². The molecule has 0 spiro atoms. The Balaban J connectivity index is 1.62. The van der Waals surface area contributed by atoms with Crippen molar-refractivity contribution in [1.29, 1.82) is 0 Å². The van der Waals surface area contributed by atoms with Crippen molar-refractivity contribution in [3.05, 3.63) is 0 Å². The van der Waals surface area contributed by atoms with Crippen LogP contribution in [0.15, 0.2) is 0 Å². The van der Waals surface area contributed by atoms with Crippen LogP contribution in [0.4, 0.5) is 0 Å². The Morgan fingerprint density at radius 2 is 1.56 bits per heavy atom. The summed E-state index contributed by atoms with van der Waals surface area (Å²) in [5.41, 5.74) is 0.542. The van der Waals surface area contributed by atoms with Crippen molar-refractivity contribution in [2.24, 2.45) is 17.3 Å². The maximum Gasteiger partial charge on any atom is 0.0126 e. The summed E-state index contributed by atoms with van der Waals surface area (Å²) in [6.07, 6.45) is 11.7. The first-order valence-corrected chi connectivity index (χ1v) is 7.43. The number of hydrogen-bond acceptors (Lipinski definition) is 1. The number of hydrogen-bond donors (Lipinski definition) is 1. The highest BCUT2D eigenvalue weighted by Gasteiger charge is 2.44. The van der Waals surface area contributed by atoms with E-state index in [4.69, 9.17) is 0 Å². The van der Waals surface area contributed by atoms with Crippen molar-refractivity contribution in [2.45, 2.75) is 77.3 Å². The molecular formula is C15H27N. The van der Waals surface area contributed by atoms with Gasteiger partial charge in [0.05, 0.1) is 0 Å². The molecule has 0 bridgehead atoms. The molecule has 0 aromatic rings. The summed E-state index contributed by atoms with van der Waals surface area (Å²) in [6.45, 7) is 4.95. The zero-order valence-electron chi connectivity index (χ0n) is 11.0. The van der Waals surface area contributed by atoms with Gasteiger partial charge in [0.1, 0.15) is 0 Å². The molecule has 3 fully saturated rings. The summed E-state index contributed by atoms with van der Waals surface area (Å²) in [7, 11) is 0. The van der Waals surface area contributed by atoms with Crippen LogP contribution < -0.4 is 5.32 Å². The first kappa shape index (κ1) is 11.1. The Morgan fingerprint density at radius 3 is 2.06 bits per heavy atom. The largest absolute Gasteiger partial charge is 0.310 e. The average Bonchev–Trinajstić information content (AvgIpc) is 3.10. The van der Waals surface area contributed by atoms with Gasteiger partial charge in [-0.05, 0) is 55.8 Å². The quantitative estimate of drug-likeness (QED) is 0.762. The van der Waals surface area contributed by atoms with Gasteiger partial charge < -0.3 is 5.32 Å². The first-order valence-electron chi connectivity index (χ1n) is 7.43. The monoisotopic (exact) mass is 221 g/mol. The second-order valence-corrected chi connectivity index (χ2v) is 7.15. The molecule has 1 nitrogen and oxygen atoms in total. The van der Waals surface area contributed by atoms with E-state index in [0.717, 1.165) is 23.9 Å². The third-order valence-electron chi connectivity index (χ3n) is 5.16. The van der Waals surface area contributed by atoms with Crippen molar-refractivity contribution in [1.82, 2.24) is 5.32 Å². The summed E-state index contributed by atoms with van der Waals surface area (Å²) < 4.78 is 0. The van der Waals surface area contributed by atoms with Gasteiger partial charge in [0.2, 0.25) is 0 Å². The van der Waals surface area contributed by atoms with Crippen molar-refractivity contribution in [3.8, 4) is 0 Å². The van der Waals surface area contributed by atoms with Crippen LogP contribution in [0.1, 0.15) is 65.2 Å². The second-order valence-electron chi connectivity index (χ2n) is 7.15. The Hall–Kier alpha value is -0.0400. The fourth-order valence-corrected chi connectivity index (χ4v) is 3.60. The second kappa shape index (κ2) is 4.01. The number of rotatable bonds is 4. The predicted molar refractivity (Wildman–Crippen MR) is 68.4 cm³/mol. The van der Waals surface area contributed by atoms with Crippen LogP contribution in [0.3, 0.4) is 0 Å². The standard InChI is InChI=1S/C15H27N/c1-15(2)10-4-3-5-13(15)16-14(11-6-7-11)12-8-9-12/h11-14,16H,3-10H2,1-2H3. The minimum atomic E-state index is 0.542. The third kappa shape index (κ3) is 2.30. The maximum absolute atomic E-state index is 4.07. The van der Waals surface area contributed by atoms with Crippen molar-refractivity contribution in [3.63, 3.8) is 0 Å². The average molecular weight is 221 g/mol. The molecule has 1 unspecified atom stereocenters. The van der Waals surface area contributed by atoms with Crippen LogP contribution in [0.25, 0.3) is 0 Å². The van der Waals surface area contributed by atoms with Crippen molar-refractivity contribution >= 4 is 0 Å². The molecule has 1 N–H and O–H groups in total. The Labute approximate surface area is 100 Å². The molecule has 3 aliphatic rings. The van der Waals surface area contributed by atoms with E-state index in [0.29, 0.717) is 5.41 Å². The SMILES string of the molecule is CC1(C)CCCCC1NC(C1CC1)C1CC1. The van der Waals surface area contributed by atoms with Gasteiger partial charge in [-0.2, -0.15) is 0 Å². The Morgan fingerprint density at radius 1 is 0.938 bits per heavy atom. The van der Waals surface area contributed by atoms with Gasteiger partial charge in [-0.3, -0.25) is 0 Å². The molecule has 3 aliphatic carbocycles. The van der Waals surface area contributed by atoms with Crippen LogP contribution in [0, 0.1) is 17.3 Å². The van der Waals surface area contributed by atoms with E-state index in [9.17, 15) is 0 Å². The van der Waals surface area contributed by atoms with E-state index >= 15 is 0 Å². The highest BCUT2D eigenvalue weighted by atomic mass is 15.0. The van der Waals surface area contributed by atoms with E-state index < -0.39 is 0 Å². The van der Waals surface area contributed by atoms with Gasteiger partial charge in [-0.1, -0.05) is 26.7 Å². The molecule has 0 heterocycles. The van der Waals surface area contributed by atoms with Gasteiger partial charge in [0.25, 0.3) is 0 Å². The normalized spacial score (nSPS) is 34.3. The molecule has 1 atom stereocenters. The zero-order valence-corrected chi connectivity index (χ0v) is 11.0. The molecule has 0 aliphatic heterocycles. The molecule has 1 heteroatoms. The predicted octanol–water partition coefficient (Wildman–Crippen LogP) is 3.73. The van der Waals surface area contributed by atoms with Gasteiger partial charge in [0.15, 0.2) is 0 Å². The lowest BCUT2D eigenvalue weighted by Crippen LogP contribution is -2.50. The minimum absolute atomic E-state index is 0.542. The summed E-state index contributed by atoms with van der Waals surface area (Å²) in [4.78, 5) is 0. The van der Waals surface area contributed by atoms with Gasteiger partial charge in [-0.15, -0.1) is 0 Å². The van der Waals surface area contributed by atoms with E-state index in [-0.39, 0.29) is 0 Å². The molecule has 3 saturated carbocycles. The van der Waals surface area contributed by atoms with Crippen molar-refractivity contribution in [2.75, 3.05) is 0 Å². The minimum Gasteiger partial charge on any atom is -0.310 e. The molecule has 92 valence electrons. The molecule has 16 heavy (non-hydrogen) atoms. The first-order chi connectivity index (χ1) is 7.67. The smallest absolute Gasteiger partial charge is 0.0126 e. The zero-order chi connectivity index (χ0) is 11.2. The number of nitrogens with one attached hydrogen (secondary N) is 1. The molecule has 0 amide bonds. The fraction of sp³-hybridized carbons (Fsp3) is 1.00. The molecule has 0 aromatic carbocycles. The van der Waals surface area contributed by atoms with Crippen molar-refractivity contribution < 1.29 is 0 Å². The molecular weight excluding hydrogens is 194 g/mol. The molecule has 0 aromatic heterocycles. The molecule has 3 rings (SSSR count). The lowest BCUT2D eigenvalue weighted by atomic mass is 9.73.